The lowest BCUT2D eigenvalue weighted by Crippen LogP contribution is -2.41. The fraction of sp³-hybridized carbons (Fsp3) is 0.353. The van der Waals surface area contributed by atoms with Crippen LogP contribution in [-0.4, -0.2) is 46.0 Å². The van der Waals surface area contributed by atoms with E-state index in [1.54, 1.807) is 31.4 Å². The molecule has 25 heavy (non-hydrogen) atoms. The zero-order valence-corrected chi connectivity index (χ0v) is 15.8. The number of carboxylic acid groups (broad SMARTS) is 1. The number of hydrogen-bond donors (Lipinski definition) is 1. The van der Waals surface area contributed by atoms with E-state index in [0.29, 0.717) is 23.0 Å². The molecule has 1 unspecified atom stereocenters. The molecule has 0 spiro atoms. The number of hydrogen-bond acceptors (Lipinski definition) is 6. The van der Waals surface area contributed by atoms with Crippen LogP contribution in [-0.2, 0) is 9.59 Å². The molecule has 134 valence electrons. The predicted molar refractivity (Wildman–Crippen MR) is 101 cm³/mol. The van der Waals surface area contributed by atoms with Crippen molar-refractivity contribution in [3.05, 3.63) is 28.7 Å². The molecule has 0 saturated carbocycles. The molecule has 8 heteroatoms. The van der Waals surface area contributed by atoms with E-state index < -0.39 is 17.9 Å². The fourth-order valence-corrected chi connectivity index (χ4v) is 3.60. The van der Waals surface area contributed by atoms with Crippen LogP contribution in [0.3, 0.4) is 0 Å². The lowest BCUT2D eigenvalue weighted by molar-refractivity contribution is -0.144. The number of carboxylic acids is 1. The Hall–Kier alpha value is -2.06. The Morgan fingerprint density at radius 2 is 2.16 bits per heavy atom. The van der Waals surface area contributed by atoms with Crippen LogP contribution < -0.4 is 9.47 Å². The highest BCUT2D eigenvalue weighted by Crippen LogP contribution is 2.35. The summed E-state index contributed by atoms with van der Waals surface area (Å²) >= 11 is 6.23. The number of carbonyl (C=O) groups excluding carboxylic acids is 1. The maximum atomic E-state index is 12.5. The Bertz CT molecular complexity index is 732. The average molecular weight is 381 g/mol. The molecule has 0 aromatic heterocycles. The summed E-state index contributed by atoms with van der Waals surface area (Å²) in [7, 11) is 1.55. The van der Waals surface area contributed by atoms with Crippen molar-refractivity contribution in [1.29, 1.82) is 0 Å². The first-order chi connectivity index (χ1) is 11.9. The number of benzene rings is 1. The van der Waals surface area contributed by atoms with Gasteiger partial charge in [0.25, 0.3) is 5.91 Å². The Balaban J connectivity index is 2.27. The number of thioether (sulfide) groups is 1. The Morgan fingerprint density at radius 3 is 2.76 bits per heavy atom. The third kappa shape index (κ3) is 4.32. The highest BCUT2D eigenvalue weighted by atomic mass is 32.2. The normalized spacial score (nSPS) is 17.1. The number of methoxy groups -OCH3 is 1. The Morgan fingerprint density at radius 1 is 1.44 bits per heavy atom. The molecule has 1 aromatic rings. The van der Waals surface area contributed by atoms with Crippen molar-refractivity contribution < 1.29 is 24.2 Å². The lowest BCUT2D eigenvalue weighted by atomic mass is 10.1. The van der Waals surface area contributed by atoms with E-state index >= 15 is 0 Å². The minimum Gasteiger partial charge on any atom is -0.493 e. The van der Waals surface area contributed by atoms with Crippen LogP contribution in [0.4, 0.5) is 0 Å². The Labute approximate surface area is 155 Å². The molecule has 1 saturated heterocycles. The van der Waals surface area contributed by atoms with Crippen molar-refractivity contribution in [2.75, 3.05) is 13.7 Å². The third-order valence-corrected chi connectivity index (χ3v) is 4.85. The summed E-state index contributed by atoms with van der Waals surface area (Å²) in [5.74, 6) is -0.308. The van der Waals surface area contributed by atoms with Crippen LogP contribution in [0.25, 0.3) is 6.08 Å². The van der Waals surface area contributed by atoms with Crippen LogP contribution in [0, 0.1) is 0 Å². The zero-order valence-electron chi connectivity index (χ0n) is 14.1. The molecule has 0 aliphatic carbocycles. The fourth-order valence-electron chi connectivity index (χ4n) is 2.18. The van der Waals surface area contributed by atoms with E-state index in [4.69, 9.17) is 26.8 Å². The number of nitrogens with zero attached hydrogens (tertiary/aromatic N) is 1. The minimum absolute atomic E-state index is 0.237. The van der Waals surface area contributed by atoms with E-state index in [1.165, 1.54) is 6.92 Å². The standard InChI is InChI=1S/C17H19NO5S2/c1-4-7-23-12-6-5-11(8-13(12)22-3)9-14-15(19)18(17(24)25-14)10(2)16(20)21/h5-6,8-10H,4,7H2,1-3H3,(H,20,21). The first kappa shape index (κ1) is 19.3. The molecule has 2 rings (SSSR count). The van der Waals surface area contributed by atoms with Gasteiger partial charge in [0.2, 0.25) is 0 Å². The van der Waals surface area contributed by atoms with Gasteiger partial charge < -0.3 is 14.6 Å². The predicted octanol–water partition coefficient (Wildman–Crippen LogP) is 3.16. The summed E-state index contributed by atoms with van der Waals surface area (Å²) in [5, 5.41) is 9.11. The van der Waals surface area contributed by atoms with E-state index in [2.05, 4.69) is 0 Å². The van der Waals surface area contributed by atoms with Crippen molar-refractivity contribution in [2.24, 2.45) is 0 Å². The molecule has 1 fully saturated rings. The summed E-state index contributed by atoms with van der Waals surface area (Å²) in [6, 6.07) is 4.34. The minimum atomic E-state index is -1.10. The largest absolute Gasteiger partial charge is 0.493 e. The summed E-state index contributed by atoms with van der Waals surface area (Å²) in [4.78, 5) is 25.1. The van der Waals surface area contributed by atoms with Crippen molar-refractivity contribution in [2.45, 2.75) is 26.3 Å². The number of thiocarbonyl (C=S) groups is 1. The molecular weight excluding hydrogens is 362 g/mol. The van der Waals surface area contributed by atoms with Gasteiger partial charge in [-0.2, -0.15) is 0 Å². The van der Waals surface area contributed by atoms with Crippen molar-refractivity contribution >= 4 is 46.3 Å². The molecule has 0 bridgehead atoms. The molecule has 1 amide bonds. The number of carbonyl (C=O) groups is 2. The molecule has 0 radical (unpaired) electrons. The van der Waals surface area contributed by atoms with Crippen molar-refractivity contribution in [3.63, 3.8) is 0 Å². The molecule has 1 heterocycles. The molecule has 1 N–H and O–H groups in total. The lowest BCUT2D eigenvalue weighted by Gasteiger charge is -2.18. The average Bonchev–Trinajstić information content (AvgIpc) is 2.86. The maximum Gasteiger partial charge on any atom is 0.326 e. The van der Waals surface area contributed by atoms with Crippen LogP contribution in [0.2, 0.25) is 0 Å². The number of amides is 1. The highest BCUT2D eigenvalue weighted by Gasteiger charge is 2.38. The molecule has 1 atom stereocenters. The van der Waals surface area contributed by atoms with E-state index in [9.17, 15) is 9.59 Å². The van der Waals surface area contributed by atoms with Crippen LogP contribution >= 0.6 is 24.0 Å². The molecule has 1 aliphatic heterocycles. The van der Waals surface area contributed by atoms with Gasteiger partial charge in [0.1, 0.15) is 10.4 Å². The third-order valence-electron chi connectivity index (χ3n) is 3.52. The number of rotatable bonds is 7. The Kier molecular flexibility index (Phi) is 6.44. The topological polar surface area (TPSA) is 76.1 Å². The second-order valence-electron chi connectivity index (χ2n) is 5.32. The summed E-state index contributed by atoms with van der Waals surface area (Å²) in [6.07, 6.45) is 2.55. The van der Waals surface area contributed by atoms with Gasteiger partial charge >= 0.3 is 5.97 Å². The number of ether oxygens (including phenoxy) is 2. The van der Waals surface area contributed by atoms with Crippen LogP contribution in [0.15, 0.2) is 23.1 Å². The molecule has 6 nitrogen and oxygen atoms in total. The maximum absolute atomic E-state index is 12.5. The van der Waals surface area contributed by atoms with Gasteiger partial charge in [0.05, 0.1) is 18.6 Å². The van der Waals surface area contributed by atoms with Gasteiger partial charge in [-0.1, -0.05) is 37.0 Å². The smallest absolute Gasteiger partial charge is 0.326 e. The van der Waals surface area contributed by atoms with Gasteiger partial charge in [0, 0.05) is 0 Å². The van der Waals surface area contributed by atoms with Gasteiger partial charge in [-0.15, -0.1) is 0 Å². The summed E-state index contributed by atoms with van der Waals surface area (Å²) in [6.45, 7) is 4.03. The van der Waals surface area contributed by atoms with Crippen LogP contribution in [0.5, 0.6) is 11.5 Å². The quantitative estimate of drug-likeness (QED) is 0.574. The van der Waals surface area contributed by atoms with Crippen LogP contribution in [0.1, 0.15) is 25.8 Å². The highest BCUT2D eigenvalue weighted by molar-refractivity contribution is 8.26. The first-order valence-corrected chi connectivity index (χ1v) is 8.92. The van der Waals surface area contributed by atoms with Gasteiger partial charge in [0.15, 0.2) is 11.5 Å². The summed E-state index contributed by atoms with van der Waals surface area (Å²) < 4.78 is 11.2. The second-order valence-corrected chi connectivity index (χ2v) is 7.00. The van der Waals surface area contributed by atoms with E-state index in [-0.39, 0.29) is 4.32 Å². The van der Waals surface area contributed by atoms with Crippen molar-refractivity contribution in [1.82, 2.24) is 4.90 Å². The molecule has 1 aliphatic rings. The van der Waals surface area contributed by atoms with E-state index in [0.717, 1.165) is 28.6 Å². The molecular formula is C17H19NO5S2. The second kappa shape index (κ2) is 8.35. The monoisotopic (exact) mass is 381 g/mol. The number of aliphatic carboxylic acids is 1. The summed E-state index contributed by atoms with van der Waals surface area (Å²) in [5.41, 5.74) is 0.740. The SMILES string of the molecule is CCCOc1ccc(C=C2SC(=S)N(C(C)C(=O)O)C2=O)cc1OC. The van der Waals surface area contributed by atoms with Gasteiger partial charge in [-0.05, 0) is 37.1 Å². The zero-order chi connectivity index (χ0) is 18.6. The van der Waals surface area contributed by atoms with Crippen molar-refractivity contribution in [3.8, 4) is 11.5 Å². The first-order valence-electron chi connectivity index (χ1n) is 7.69. The van der Waals surface area contributed by atoms with E-state index in [1.807, 2.05) is 6.92 Å². The van der Waals surface area contributed by atoms with Gasteiger partial charge in [-0.25, -0.2) is 4.79 Å². The van der Waals surface area contributed by atoms with Gasteiger partial charge in [-0.3, -0.25) is 9.69 Å². The molecule has 1 aromatic carbocycles.